The minimum Gasteiger partial charge on any atom is -0.469 e. The third-order valence-corrected chi connectivity index (χ3v) is 2.60. The molecule has 0 aliphatic carbocycles. The molecule has 3 nitrogen and oxygen atoms in total. The molecule has 0 aliphatic heterocycles. The molecule has 0 saturated carbocycles. The molecule has 0 aliphatic rings. The summed E-state index contributed by atoms with van der Waals surface area (Å²) in [6.07, 6.45) is 1.85. The van der Waals surface area contributed by atoms with Gasteiger partial charge in [-0.1, -0.05) is 26.8 Å². The smallest absolute Gasteiger partial charge is 0.308 e. The van der Waals surface area contributed by atoms with Crippen LogP contribution in [0.2, 0.25) is 0 Å². The van der Waals surface area contributed by atoms with Gasteiger partial charge in [0.15, 0.2) is 0 Å². The maximum atomic E-state index is 11.0. The molecule has 0 spiro atoms. The van der Waals surface area contributed by atoms with Crippen LogP contribution in [0.3, 0.4) is 0 Å². The summed E-state index contributed by atoms with van der Waals surface area (Å²) in [7, 11) is 1.33. The zero-order chi connectivity index (χ0) is 12.1. The van der Waals surface area contributed by atoms with Crippen molar-refractivity contribution in [3.63, 3.8) is 0 Å². The van der Waals surface area contributed by atoms with Crippen molar-refractivity contribution in [1.82, 2.24) is 0 Å². The summed E-state index contributed by atoms with van der Waals surface area (Å²) in [5, 5.41) is 9.93. The number of allylic oxidation sites excluding steroid dienone is 1. The number of carbonyl (C=O) groups is 1. The Kier molecular flexibility index (Phi) is 5.58. The predicted octanol–water partition coefficient (Wildman–Crippen LogP) is 2.15. The first-order valence-electron chi connectivity index (χ1n) is 5.18. The Morgan fingerprint density at radius 2 is 2.07 bits per heavy atom. The molecule has 0 amide bonds. The summed E-state index contributed by atoms with van der Waals surface area (Å²) < 4.78 is 4.54. The highest BCUT2D eigenvalue weighted by Gasteiger charge is 2.31. The van der Waals surface area contributed by atoms with E-state index >= 15 is 0 Å². The monoisotopic (exact) mass is 214 g/mol. The van der Waals surface area contributed by atoms with E-state index in [0.29, 0.717) is 6.42 Å². The lowest BCUT2D eigenvalue weighted by atomic mass is 9.74. The van der Waals surface area contributed by atoms with E-state index in [1.54, 1.807) is 6.08 Å². The van der Waals surface area contributed by atoms with E-state index < -0.39 is 6.10 Å². The van der Waals surface area contributed by atoms with Crippen LogP contribution in [-0.4, -0.2) is 24.3 Å². The second-order valence-corrected chi connectivity index (χ2v) is 4.84. The van der Waals surface area contributed by atoms with Crippen molar-refractivity contribution in [1.29, 1.82) is 0 Å². The van der Waals surface area contributed by atoms with Gasteiger partial charge in [0.25, 0.3) is 0 Å². The van der Waals surface area contributed by atoms with Crippen LogP contribution in [0.25, 0.3) is 0 Å². The second kappa shape index (κ2) is 5.91. The third-order valence-electron chi connectivity index (χ3n) is 2.60. The molecule has 2 atom stereocenters. The molecule has 0 aromatic heterocycles. The van der Waals surface area contributed by atoms with E-state index in [-0.39, 0.29) is 23.7 Å². The van der Waals surface area contributed by atoms with Crippen LogP contribution in [0.4, 0.5) is 0 Å². The summed E-state index contributed by atoms with van der Waals surface area (Å²) in [5.74, 6) is -0.352. The third kappa shape index (κ3) is 4.98. The van der Waals surface area contributed by atoms with Crippen molar-refractivity contribution < 1.29 is 14.6 Å². The Morgan fingerprint density at radius 1 is 1.53 bits per heavy atom. The molecule has 0 rings (SSSR count). The van der Waals surface area contributed by atoms with Crippen molar-refractivity contribution in [2.75, 3.05) is 7.11 Å². The lowest BCUT2D eigenvalue weighted by molar-refractivity contribution is -0.144. The van der Waals surface area contributed by atoms with Gasteiger partial charge in [-0.25, -0.2) is 0 Å². The highest BCUT2D eigenvalue weighted by molar-refractivity contribution is 5.69. The fourth-order valence-electron chi connectivity index (χ4n) is 1.66. The minimum absolute atomic E-state index is 0.0223. The van der Waals surface area contributed by atoms with Gasteiger partial charge in [0.1, 0.15) is 0 Å². The second-order valence-electron chi connectivity index (χ2n) is 4.84. The Labute approximate surface area is 92.1 Å². The summed E-state index contributed by atoms with van der Waals surface area (Å²) in [6, 6.07) is 0. The number of hydrogen-bond donors (Lipinski definition) is 1. The van der Waals surface area contributed by atoms with Crippen molar-refractivity contribution >= 4 is 5.97 Å². The van der Waals surface area contributed by atoms with Gasteiger partial charge in [-0.05, 0) is 17.8 Å². The number of ether oxygens (including phenoxy) is 1. The summed E-state index contributed by atoms with van der Waals surface area (Å²) in [6.45, 7) is 9.80. The van der Waals surface area contributed by atoms with Crippen LogP contribution in [-0.2, 0) is 9.53 Å². The topological polar surface area (TPSA) is 46.5 Å². The van der Waals surface area contributed by atoms with Crippen molar-refractivity contribution in [2.24, 2.45) is 11.3 Å². The highest BCUT2D eigenvalue weighted by atomic mass is 16.5. The molecule has 0 radical (unpaired) electrons. The molecule has 1 N–H and O–H groups in total. The van der Waals surface area contributed by atoms with Crippen LogP contribution >= 0.6 is 0 Å². The predicted molar refractivity (Wildman–Crippen MR) is 60.4 cm³/mol. The lowest BCUT2D eigenvalue weighted by Gasteiger charge is -2.33. The number of esters is 1. The number of hydrogen-bond acceptors (Lipinski definition) is 3. The fourth-order valence-corrected chi connectivity index (χ4v) is 1.66. The van der Waals surface area contributed by atoms with Gasteiger partial charge in [-0.15, -0.1) is 6.58 Å². The molecule has 0 aromatic rings. The van der Waals surface area contributed by atoms with E-state index in [1.807, 2.05) is 20.8 Å². The maximum absolute atomic E-state index is 11.0. The summed E-state index contributed by atoms with van der Waals surface area (Å²) in [5.41, 5.74) is -0.0539. The maximum Gasteiger partial charge on any atom is 0.308 e. The van der Waals surface area contributed by atoms with Crippen molar-refractivity contribution in [3.8, 4) is 0 Å². The van der Waals surface area contributed by atoms with Crippen molar-refractivity contribution in [3.05, 3.63) is 12.7 Å². The molecule has 0 fully saturated rings. The Morgan fingerprint density at radius 3 is 2.40 bits per heavy atom. The number of rotatable bonds is 5. The van der Waals surface area contributed by atoms with Gasteiger partial charge >= 0.3 is 5.97 Å². The van der Waals surface area contributed by atoms with Gasteiger partial charge in [0.05, 0.1) is 19.6 Å². The first-order chi connectivity index (χ1) is 6.82. The largest absolute Gasteiger partial charge is 0.469 e. The molecule has 15 heavy (non-hydrogen) atoms. The highest BCUT2D eigenvalue weighted by Crippen LogP contribution is 2.33. The van der Waals surface area contributed by atoms with Gasteiger partial charge in [0.2, 0.25) is 0 Å². The zero-order valence-corrected chi connectivity index (χ0v) is 10.1. The average molecular weight is 214 g/mol. The Balaban J connectivity index is 4.48. The SMILES string of the molecule is C=CCC(C(O)CC(=O)OC)C(C)(C)C. The minimum atomic E-state index is -0.671. The molecule has 88 valence electrons. The van der Waals surface area contributed by atoms with Gasteiger partial charge in [0, 0.05) is 0 Å². The quantitative estimate of drug-likeness (QED) is 0.563. The fraction of sp³-hybridized carbons (Fsp3) is 0.750. The van der Waals surface area contributed by atoms with Crippen LogP contribution in [0.15, 0.2) is 12.7 Å². The number of carbonyl (C=O) groups excluding carboxylic acids is 1. The standard InChI is InChI=1S/C12H22O3/c1-6-7-9(12(2,3)4)10(13)8-11(14)15-5/h6,9-10,13H,1,7-8H2,2-5H3. The van der Waals surface area contributed by atoms with E-state index in [2.05, 4.69) is 11.3 Å². The van der Waals surface area contributed by atoms with E-state index in [1.165, 1.54) is 7.11 Å². The van der Waals surface area contributed by atoms with Gasteiger partial charge < -0.3 is 9.84 Å². The van der Waals surface area contributed by atoms with E-state index in [0.717, 1.165) is 0 Å². The first-order valence-corrected chi connectivity index (χ1v) is 5.18. The van der Waals surface area contributed by atoms with Gasteiger partial charge in [-0.3, -0.25) is 4.79 Å². The summed E-state index contributed by atoms with van der Waals surface area (Å²) >= 11 is 0. The normalized spacial score (nSPS) is 15.5. The first kappa shape index (κ1) is 14.2. The summed E-state index contributed by atoms with van der Waals surface area (Å²) in [4.78, 5) is 11.0. The van der Waals surface area contributed by atoms with E-state index in [9.17, 15) is 9.90 Å². The molecule has 0 aromatic carbocycles. The number of methoxy groups -OCH3 is 1. The Bertz CT molecular complexity index is 215. The molecule has 0 saturated heterocycles. The molecule has 0 heterocycles. The van der Waals surface area contributed by atoms with Crippen molar-refractivity contribution in [2.45, 2.75) is 39.7 Å². The number of aliphatic hydroxyl groups is 1. The number of aliphatic hydroxyl groups excluding tert-OH is 1. The van der Waals surface area contributed by atoms with Crippen LogP contribution in [0, 0.1) is 11.3 Å². The molecular formula is C12H22O3. The van der Waals surface area contributed by atoms with E-state index in [4.69, 9.17) is 0 Å². The molecule has 2 unspecified atom stereocenters. The molecular weight excluding hydrogens is 192 g/mol. The van der Waals surface area contributed by atoms with Crippen LogP contribution in [0.1, 0.15) is 33.6 Å². The lowest BCUT2D eigenvalue weighted by Crippen LogP contribution is -2.33. The molecule has 0 bridgehead atoms. The van der Waals surface area contributed by atoms with Crippen LogP contribution in [0.5, 0.6) is 0 Å². The zero-order valence-electron chi connectivity index (χ0n) is 10.1. The van der Waals surface area contributed by atoms with Crippen LogP contribution < -0.4 is 0 Å². The molecule has 3 heteroatoms. The Hall–Kier alpha value is -0.830. The van der Waals surface area contributed by atoms with Gasteiger partial charge in [-0.2, -0.15) is 0 Å². The average Bonchev–Trinajstić information content (AvgIpc) is 2.11.